The summed E-state index contributed by atoms with van der Waals surface area (Å²) in [5.74, 6) is -1.83. The van der Waals surface area contributed by atoms with E-state index in [1.54, 1.807) is 13.0 Å². The number of nitrogens with zero attached hydrogens (tertiary/aromatic N) is 1. The number of carboxylic acids is 1. The van der Waals surface area contributed by atoms with E-state index in [1.807, 2.05) is 0 Å². The summed E-state index contributed by atoms with van der Waals surface area (Å²) in [5.41, 5.74) is 0.858. The summed E-state index contributed by atoms with van der Waals surface area (Å²) in [6, 6.07) is 3.07. The SMILES string of the molecule is Cc1c(-c2cccnc2F)[nH]c(Cl)c1C(=O)O. The first-order valence-electron chi connectivity index (χ1n) is 4.74. The number of halogens is 2. The van der Waals surface area contributed by atoms with Crippen LogP contribution in [0.1, 0.15) is 15.9 Å². The molecule has 88 valence electrons. The molecular formula is C11H8ClFN2O2. The smallest absolute Gasteiger partial charge is 0.339 e. The highest BCUT2D eigenvalue weighted by Crippen LogP contribution is 2.31. The average Bonchev–Trinajstić information content (AvgIpc) is 2.55. The van der Waals surface area contributed by atoms with Crippen LogP contribution in [-0.2, 0) is 0 Å². The zero-order valence-electron chi connectivity index (χ0n) is 8.79. The van der Waals surface area contributed by atoms with Gasteiger partial charge in [-0.1, -0.05) is 11.6 Å². The first-order valence-corrected chi connectivity index (χ1v) is 5.12. The highest BCUT2D eigenvalue weighted by atomic mass is 35.5. The van der Waals surface area contributed by atoms with Gasteiger partial charge in [0.2, 0.25) is 5.95 Å². The molecule has 0 unspecified atom stereocenters. The Bertz CT molecular complexity index is 595. The summed E-state index contributed by atoms with van der Waals surface area (Å²) in [6.45, 7) is 1.56. The monoisotopic (exact) mass is 254 g/mol. The first kappa shape index (κ1) is 11.6. The summed E-state index contributed by atoms with van der Waals surface area (Å²) in [5, 5.41) is 8.94. The summed E-state index contributed by atoms with van der Waals surface area (Å²) >= 11 is 5.77. The van der Waals surface area contributed by atoms with E-state index in [1.165, 1.54) is 12.3 Å². The van der Waals surface area contributed by atoms with Crippen molar-refractivity contribution in [3.63, 3.8) is 0 Å². The molecule has 0 spiro atoms. The number of H-pyrrole nitrogens is 1. The minimum absolute atomic E-state index is 0.0201. The number of carbonyl (C=O) groups is 1. The van der Waals surface area contributed by atoms with Crippen LogP contribution in [0.15, 0.2) is 18.3 Å². The van der Waals surface area contributed by atoms with Gasteiger partial charge in [0.15, 0.2) is 0 Å². The quantitative estimate of drug-likeness (QED) is 0.810. The molecule has 0 aliphatic carbocycles. The van der Waals surface area contributed by atoms with Gasteiger partial charge in [0.05, 0.1) is 16.8 Å². The van der Waals surface area contributed by atoms with E-state index in [0.717, 1.165) is 0 Å². The van der Waals surface area contributed by atoms with Crippen LogP contribution in [0.3, 0.4) is 0 Å². The lowest BCUT2D eigenvalue weighted by Crippen LogP contribution is -1.97. The van der Waals surface area contributed by atoms with Gasteiger partial charge >= 0.3 is 5.97 Å². The minimum Gasteiger partial charge on any atom is -0.478 e. The van der Waals surface area contributed by atoms with Crippen molar-refractivity contribution in [1.82, 2.24) is 9.97 Å². The number of rotatable bonds is 2. The van der Waals surface area contributed by atoms with Crippen LogP contribution in [0.4, 0.5) is 4.39 Å². The lowest BCUT2D eigenvalue weighted by atomic mass is 10.1. The Hall–Kier alpha value is -1.88. The molecule has 2 N–H and O–H groups in total. The standard InChI is InChI=1S/C11H8ClFN2O2/c1-5-7(11(16)17)9(12)15-8(5)6-3-2-4-14-10(6)13/h2-4,15H,1H3,(H,16,17). The molecule has 0 bridgehead atoms. The van der Waals surface area contributed by atoms with Crippen LogP contribution < -0.4 is 0 Å². The summed E-state index contributed by atoms with van der Waals surface area (Å²) in [4.78, 5) is 17.1. The van der Waals surface area contributed by atoms with Gasteiger partial charge in [-0.05, 0) is 24.6 Å². The molecule has 2 aromatic heterocycles. The van der Waals surface area contributed by atoms with Crippen molar-refractivity contribution in [1.29, 1.82) is 0 Å². The van der Waals surface area contributed by atoms with E-state index in [2.05, 4.69) is 9.97 Å². The fraction of sp³-hybridized carbons (Fsp3) is 0.0909. The predicted molar refractivity (Wildman–Crippen MR) is 60.7 cm³/mol. The third-order valence-corrected chi connectivity index (χ3v) is 2.73. The van der Waals surface area contributed by atoms with Crippen molar-refractivity contribution in [3.05, 3.63) is 40.6 Å². The highest BCUT2D eigenvalue weighted by Gasteiger charge is 2.21. The highest BCUT2D eigenvalue weighted by molar-refractivity contribution is 6.33. The lowest BCUT2D eigenvalue weighted by molar-refractivity contribution is 0.0696. The summed E-state index contributed by atoms with van der Waals surface area (Å²) < 4.78 is 13.5. The molecule has 0 saturated carbocycles. The Balaban J connectivity index is 2.66. The average molecular weight is 255 g/mol. The predicted octanol–water partition coefficient (Wildman–Crippen LogP) is 2.88. The number of aromatic nitrogens is 2. The van der Waals surface area contributed by atoms with Crippen molar-refractivity contribution in [2.75, 3.05) is 0 Å². The van der Waals surface area contributed by atoms with E-state index < -0.39 is 11.9 Å². The second kappa shape index (κ2) is 4.18. The molecule has 0 aromatic carbocycles. The molecule has 6 heteroatoms. The van der Waals surface area contributed by atoms with Gasteiger partial charge in [-0.3, -0.25) is 0 Å². The zero-order valence-corrected chi connectivity index (χ0v) is 9.55. The van der Waals surface area contributed by atoms with Crippen molar-refractivity contribution in [2.24, 2.45) is 0 Å². The zero-order chi connectivity index (χ0) is 12.6. The largest absolute Gasteiger partial charge is 0.478 e. The van der Waals surface area contributed by atoms with Gasteiger partial charge in [-0.15, -0.1) is 0 Å². The molecule has 17 heavy (non-hydrogen) atoms. The Morgan fingerprint density at radius 2 is 2.29 bits per heavy atom. The van der Waals surface area contributed by atoms with Crippen molar-refractivity contribution >= 4 is 17.6 Å². The molecule has 0 amide bonds. The third kappa shape index (κ3) is 1.89. The van der Waals surface area contributed by atoms with Crippen molar-refractivity contribution < 1.29 is 14.3 Å². The third-order valence-electron chi connectivity index (χ3n) is 2.45. The molecule has 0 aliphatic heterocycles. The van der Waals surface area contributed by atoms with Gasteiger partial charge in [-0.25, -0.2) is 9.78 Å². The maximum absolute atomic E-state index is 13.5. The second-order valence-corrected chi connectivity index (χ2v) is 3.84. The fourth-order valence-electron chi connectivity index (χ4n) is 1.65. The molecule has 2 heterocycles. The van der Waals surface area contributed by atoms with Crippen LogP contribution in [0.25, 0.3) is 11.3 Å². The summed E-state index contributed by atoms with van der Waals surface area (Å²) in [6.07, 6.45) is 1.32. The molecule has 4 nitrogen and oxygen atoms in total. The van der Waals surface area contributed by atoms with Gasteiger partial charge in [0, 0.05) is 6.20 Å². The molecule has 0 atom stereocenters. The number of pyridine rings is 1. The van der Waals surface area contributed by atoms with Crippen LogP contribution >= 0.6 is 11.6 Å². The number of aromatic carboxylic acids is 1. The van der Waals surface area contributed by atoms with E-state index in [4.69, 9.17) is 16.7 Å². The van der Waals surface area contributed by atoms with Gasteiger partial charge in [0.1, 0.15) is 5.15 Å². The Kier molecular flexibility index (Phi) is 2.85. The van der Waals surface area contributed by atoms with Crippen LogP contribution in [0.2, 0.25) is 5.15 Å². The molecule has 2 rings (SSSR count). The van der Waals surface area contributed by atoms with Gasteiger partial charge < -0.3 is 10.1 Å². The summed E-state index contributed by atoms with van der Waals surface area (Å²) in [7, 11) is 0. The topological polar surface area (TPSA) is 66.0 Å². The maximum Gasteiger partial charge on any atom is 0.339 e. The van der Waals surface area contributed by atoms with E-state index in [0.29, 0.717) is 11.3 Å². The molecule has 2 aromatic rings. The number of hydrogen-bond acceptors (Lipinski definition) is 2. The van der Waals surface area contributed by atoms with Crippen LogP contribution in [-0.4, -0.2) is 21.0 Å². The second-order valence-electron chi connectivity index (χ2n) is 3.46. The van der Waals surface area contributed by atoms with E-state index in [-0.39, 0.29) is 16.3 Å². The Morgan fingerprint density at radius 3 is 2.82 bits per heavy atom. The van der Waals surface area contributed by atoms with E-state index >= 15 is 0 Å². The Morgan fingerprint density at radius 1 is 1.59 bits per heavy atom. The van der Waals surface area contributed by atoms with E-state index in [9.17, 15) is 9.18 Å². The lowest BCUT2D eigenvalue weighted by Gasteiger charge is -2.01. The number of aromatic amines is 1. The molecule has 0 aliphatic rings. The molecular weight excluding hydrogens is 247 g/mol. The van der Waals surface area contributed by atoms with Gasteiger partial charge in [-0.2, -0.15) is 4.39 Å². The molecule has 0 saturated heterocycles. The maximum atomic E-state index is 13.5. The van der Waals surface area contributed by atoms with Crippen molar-refractivity contribution in [3.8, 4) is 11.3 Å². The molecule has 0 fully saturated rings. The van der Waals surface area contributed by atoms with Crippen molar-refractivity contribution in [2.45, 2.75) is 6.92 Å². The van der Waals surface area contributed by atoms with Crippen LogP contribution in [0.5, 0.6) is 0 Å². The number of nitrogens with one attached hydrogen (secondary N) is 1. The fourth-order valence-corrected chi connectivity index (χ4v) is 1.97. The normalized spacial score (nSPS) is 10.5. The number of hydrogen-bond donors (Lipinski definition) is 2. The first-order chi connectivity index (χ1) is 8.02. The Labute approximate surface area is 101 Å². The van der Waals surface area contributed by atoms with Gasteiger partial charge in [0.25, 0.3) is 0 Å². The van der Waals surface area contributed by atoms with Crippen LogP contribution in [0, 0.1) is 12.9 Å². The minimum atomic E-state index is -1.15. The molecule has 0 radical (unpaired) electrons. The number of carboxylic acid groups (broad SMARTS) is 1.